The lowest BCUT2D eigenvalue weighted by Gasteiger charge is -2.27. The molecule has 0 spiro atoms. The van der Waals surface area contributed by atoms with Gasteiger partial charge in [0.2, 0.25) is 0 Å². The van der Waals surface area contributed by atoms with E-state index < -0.39 is 15.4 Å². The minimum absolute atomic E-state index is 0.0271. The summed E-state index contributed by atoms with van der Waals surface area (Å²) in [6.45, 7) is 8.82. The highest BCUT2D eigenvalue weighted by Crippen LogP contribution is 2.25. The quantitative estimate of drug-likeness (QED) is 0.795. The summed E-state index contributed by atoms with van der Waals surface area (Å²) < 4.78 is 28.9. The number of nitrogens with one attached hydrogen (secondary N) is 1. The van der Waals surface area contributed by atoms with Crippen molar-refractivity contribution >= 4 is 15.9 Å². The van der Waals surface area contributed by atoms with Crippen molar-refractivity contribution in [2.75, 3.05) is 26.4 Å². The summed E-state index contributed by atoms with van der Waals surface area (Å²) in [5.74, 6) is 0.216. The van der Waals surface area contributed by atoms with Crippen LogP contribution in [0.2, 0.25) is 0 Å². The van der Waals surface area contributed by atoms with Crippen molar-refractivity contribution in [3.8, 4) is 0 Å². The van der Waals surface area contributed by atoms with E-state index in [1.54, 1.807) is 11.9 Å². The number of carbonyl (C=O) groups is 1. The highest BCUT2D eigenvalue weighted by Gasteiger charge is 2.34. The van der Waals surface area contributed by atoms with Gasteiger partial charge in [0.1, 0.15) is 5.60 Å². The monoisotopic (exact) mass is 348 g/mol. The van der Waals surface area contributed by atoms with Crippen molar-refractivity contribution in [1.29, 1.82) is 0 Å². The van der Waals surface area contributed by atoms with Crippen molar-refractivity contribution in [1.82, 2.24) is 10.2 Å². The predicted molar refractivity (Wildman–Crippen MR) is 92.3 cm³/mol. The summed E-state index contributed by atoms with van der Waals surface area (Å²) in [4.78, 5) is 13.5. The standard InChI is InChI=1S/C16H32N2O4S/c1-12(11-18(5)15(19)22-16(2,3)4)10-17-13-8-7-9-14(13)23(6,20)21/h12-14,17H,7-11H2,1-6H3. The number of amides is 1. The zero-order valence-corrected chi connectivity index (χ0v) is 16.1. The maximum Gasteiger partial charge on any atom is 0.410 e. The van der Waals surface area contributed by atoms with Crippen molar-refractivity contribution < 1.29 is 17.9 Å². The van der Waals surface area contributed by atoms with Gasteiger partial charge in [0.25, 0.3) is 0 Å². The number of carbonyl (C=O) groups excluding carboxylic acids is 1. The molecule has 0 aromatic carbocycles. The first-order chi connectivity index (χ1) is 10.4. The fourth-order valence-electron chi connectivity index (χ4n) is 2.97. The molecule has 0 saturated heterocycles. The molecule has 0 bridgehead atoms. The molecular weight excluding hydrogens is 316 g/mol. The fourth-order valence-corrected chi connectivity index (χ4v) is 4.39. The van der Waals surface area contributed by atoms with Gasteiger partial charge < -0.3 is 15.0 Å². The van der Waals surface area contributed by atoms with Crippen LogP contribution < -0.4 is 5.32 Å². The third-order valence-electron chi connectivity index (χ3n) is 4.02. The van der Waals surface area contributed by atoms with E-state index in [0.717, 1.165) is 19.3 Å². The van der Waals surface area contributed by atoms with E-state index in [9.17, 15) is 13.2 Å². The zero-order valence-electron chi connectivity index (χ0n) is 15.3. The Bertz CT molecular complexity index is 499. The second kappa shape index (κ2) is 7.83. The van der Waals surface area contributed by atoms with Crippen LogP contribution in [0.1, 0.15) is 47.0 Å². The Morgan fingerprint density at radius 2 is 1.96 bits per heavy atom. The van der Waals surface area contributed by atoms with Crippen LogP contribution in [0, 0.1) is 5.92 Å². The highest BCUT2D eigenvalue weighted by atomic mass is 32.2. The third kappa shape index (κ3) is 7.08. The minimum atomic E-state index is -3.00. The molecule has 1 aliphatic rings. The summed E-state index contributed by atoms with van der Waals surface area (Å²) in [5.41, 5.74) is -0.501. The maximum absolute atomic E-state index is 11.9. The molecule has 0 aromatic rings. The lowest BCUT2D eigenvalue weighted by Crippen LogP contribution is -2.44. The molecule has 1 fully saturated rings. The van der Waals surface area contributed by atoms with E-state index in [1.165, 1.54) is 6.26 Å². The van der Waals surface area contributed by atoms with Gasteiger partial charge in [-0.3, -0.25) is 0 Å². The molecule has 1 rings (SSSR count). The molecular formula is C16H32N2O4S. The largest absolute Gasteiger partial charge is 0.444 e. The normalized spacial score (nSPS) is 23.6. The molecule has 7 heteroatoms. The van der Waals surface area contributed by atoms with E-state index in [1.807, 2.05) is 27.7 Å². The summed E-state index contributed by atoms with van der Waals surface area (Å²) in [5, 5.41) is 3.09. The molecule has 23 heavy (non-hydrogen) atoms. The summed E-state index contributed by atoms with van der Waals surface area (Å²) >= 11 is 0. The van der Waals surface area contributed by atoms with Crippen molar-refractivity contribution in [2.24, 2.45) is 5.92 Å². The number of rotatable bonds is 6. The Kier molecular flexibility index (Phi) is 6.89. The molecule has 0 aliphatic heterocycles. The SMILES string of the molecule is CC(CNC1CCCC1S(C)(=O)=O)CN(C)C(=O)OC(C)(C)C. The Labute approximate surface area is 140 Å². The van der Waals surface area contributed by atoms with Crippen molar-refractivity contribution in [3.05, 3.63) is 0 Å². The molecule has 3 unspecified atom stereocenters. The van der Waals surface area contributed by atoms with E-state index >= 15 is 0 Å². The summed E-state index contributed by atoms with van der Waals surface area (Å²) in [6.07, 6.45) is 3.56. The maximum atomic E-state index is 11.9. The molecule has 0 aromatic heterocycles. The molecule has 0 heterocycles. The number of hydrogen-bond acceptors (Lipinski definition) is 5. The van der Waals surface area contributed by atoms with Crippen LogP contribution in [0.5, 0.6) is 0 Å². The third-order valence-corrected chi connectivity index (χ3v) is 5.69. The molecule has 1 amide bonds. The molecule has 3 atom stereocenters. The molecule has 1 N–H and O–H groups in total. The molecule has 1 aliphatic carbocycles. The van der Waals surface area contributed by atoms with Gasteiger partial charge in [-0.25, -0.2) is 13.2 Å². The van der Waals surface area contributed by atoms with Crippen molar-refractivity contribution in [2.45, 2.75) is 63.9 Å². The predicted octanol–water partition coefficient (Wildman–Crippen LogP) is 2.04. The number of sulfone groups is 1. The van der Waals surface area contributed by atoms with Gasteiger partial charge in [-0.05, 0) is 46.1 Å². The zero-order chi connectivity index (χ0) is 17.8. The fraction of sp³-hybridized carbons (Fsp3) is 0.938. The van der Waals surface area contributed by atoms with Gasteiger partial charge in [-0.15, -0.1) is 0 Å². The van der Waals surface area contributed by atoms with Crippen LogP contribution in [-0.2, 0) is 14.6 Å². The second-order valence-corrected chi connectivity index (χ2v) is 10.0. The van der Waals surface area contributed by atoms with Gasteiger partial charge in [-0.2, -0.15) is 0 Å². The van der Waals surface area contributed by atoms with Crippen LogP contribution in [0.4, 0.5) is 4.79 Å². The molecule has 1 saturated carbocycles. The van der Waals surface area contributed by atoms with E-state index in [-0.39, 0.29) is 23.3 Å². The lowest BCUT2D eigenvalue weighted by atomic mass is 10.1. The number of ether oxygens (including phenoxy) is 1. The van der Waals surface area contributed by atoms with Crippen LogP contribution in [0.3, 0.4) is 0 Å². The Morgan fingerprint density at radius 3 is 2.48 bits per heavy atom. The van der Waals surface area contributed by atoms with Crippen LogP contribution in [0.25, 0.3) is 0 Å². The summed E-state index contributed by atoms with van der Waals surface area (Å²) in [6, 6.07) is 0.0271. The molecule has 0 radical (unpaired) electrons. The average Bonchev–Trinajstić information content (AvgIpc) is 2.82. The highest BCUT2D eigenvalue weighted by molar-refractivity contribution is 7.91. The first-order valence-corrected chi connectivity index (χ1v) is 10.2. The van der Waals surface area contributed by atoms with Crippen LogP contribution in [0.15, 0.2) is 0 Å². The lowest BCUT2D eigenvalue weighted by molar-refractivity contribution is 0.0276. The van der Waals surface area contributed by atoms with Crippen LogP contribution in [-0.4, -0.2) is 62.7 Å². The van der Waals surface area contributed by atoms with Gasteiger partial charge in [-0.1, -0.05) is 13.3 Å². The Hall–Kier alpha value is -0.820. The van der Waals surface area contributed by atoms with E-state index in [0.29, 0.717) is 13.1 Å². The smallest absolute Gasteiger partial charge is 0.410 e. The topological polar surface area (TPSA) is 75.7 Å². The first kappa shape index (κ1) is 20.2. The second-order valence-electron chi connectivity index (χ2n) is 7.78. The van der Waals surface area contributed by atoms with Gasteiger partial charge >= 0.3 is 6.09 Å². The summed E-state index contributed by atoms with van der Waals surface area (Å²) in [7, 11) is -1.28. The number of hydrogen-bond donors (Lipinski definition) is 1. The average molecular weight is 349 g/mol. The Morgan fingerprint density at radius 1 is 1.35 bits per heavy atom. The van der Waals surface area contributed by atoms with Gasteiger partial charge in [0.15, 0.2) is 9.84 Å². The van der Waals surface area contributed by atoms with Crippen LogP contribution >= 0.6 is 0 Å². The molecule has 6 nitrogen and oxygen atoms in total. The van der Waals surface area contributed by atoms with E-state index in [4.69, 9.17) is 4.74 Å². The number of nitrogens with zero attached hydrogens (tertiary/aromatic N) is 1. The molecule has 136 valence electrons. The minimum Gasteiger partial charge on any atom is -0.444 e. The van der Waals surface area contributed by atoms with Gasteiger partial charge in [0, 0.05) is 25.9 Å². The van der Waals surface area contributed by atoms with Crippen molar-refractivity contribution in [3.63, 3.8) is 0 Å². The van der Waals surface area contributed by atoms with E-state index in [2.05, 4.69) is 5.32 Å². The Balaban J connectivity index is 2.42. The van der Waals surface area contributed by atoms with Gasteiger partial charge in [0.05, 0.1) is 5.25 Å². The first-order valence-electron chi connectivity index (χ1n) is 8.26.